The summed E-state index contributed by atoms with van der Waals surface area (Å²) in [6.07, 6.45) is 0. The highest BCUT2D eigenvalue weighted by molar-refractivity contribution is 8.00. The molecule has 58 valence electrons. The average Bonchev–Trinajstić information content (AvgIpc) is 2.27. The lowest BCUT2D eigenvalue weighted by atomic mass is 10.3. The van der Waals surface area contributed by atoms with Crippen LogP contribution in [0, 0.1) is 0 Å². The number of hydrogen-bond acceptors (Lipinski definition) is 2. The summed E-state index contributed by atoms with van der Waals surface area (Å²) < 4.78 is 0. The van der Waals surface area contributed by atoms with Gasteiger partial charge >= 0.3 is 0 Å². The SMILES string of the molecule is CC1Nc2ccc(P)cc2S1. The van der Waals surface area contributed by atoms with Gasteiger partial charge in [-0.3, -0.25) is 0 Å². The first-order chi connectivity index (χ1) is 5.25. The van der Waals surface area contributed by atoms with Crippen LogP contribution in [0.2, 0.25) is 0 Å². The van der Waals surface area contributed by atoms with Gasteiger partial charge < -0.3 is 5.32 Å². The third-order valence-electron chi connectivity index (χ3n) is 1.67. The van der Waals surface area contributed by atoms with Crippen LogP contribution in [0.15, 0.2) is 23.1 Å². The van der Waals surface area contributed by atoms with E-state index in [1.165, 1.54) is 15.9 Å². The first kappa shape index (κ1) is 7.45. The van der Waals surface area contributed by atoms with E-state index in [4.69, 9.17) is 0 Å². The van der Waals surface area contributed by atoms with Crippen molar-refractivity contribution in [2.45, 2.75) is 17.2 Å². The van der Waals surface area contributed by atoms with E-state index in [0.29, 0.717) is 5.37 Å². The second kappa shape index (κ2) is 2.69. The van der Waals surface area contributed by atoms with Gasteiger partial charge in [0.05, 0.1) is 5.37 Å². The molecule has 1 aliphatic heterocycles. The Bertz CT molecular complexity index is 287. The molecule has 1 N–H and O–H groups in total. The maximum Gasteiger partial charge on any atom is 0.0741 e. The van der Waals surface area contributed by atoms with Crippen LogP contribution in [-0.4, -0.2) is 5.37 Å². The number of thioether (sulfide) groups is 1. The van der Waals surface area contributed by atoms with E-state index in [9.17, 15) is 0 Å². The van der Waals surface area contributed by atoms with Gasteiger partial charge in [-0.05, 0) is 24.4 Å². The Hall–Kier alpha value is -0.200. The van der Waals surface area contributed by atoms with Gasteiger partial charge in [0.1, 0.15) is 0 Å². The van der Waals surface area contributed by atoms with E-state index in [-0.39, 0.29) is 0 Å². The molecule has 0 bridgehead atoms. The fourth-order valence-electron chi connectivity index (χ4n) is 1.19. The quantitative estimate of drug-likeness (QED) is 0.618. The second-order valence-corrected chi connectivity index (χ2v) is 4.71. The molecule has 0 fully saturated rings. The smallest absolute Gasteiger partial charge is 0.0741 e. The van der Waals surface area contributed by atoms with Crippen LogP contribution in [0.25, 0.3) is 0 Å². The predicted octanol–water partition coefficient (Wildman–Crippen LogP) is 2.05. The highest BCUT2D eigenvalue weighted by Gasteiger charge is 2.16. The maximum absolute atomic E-state index is 3.38. The summed E-state index contributed by atoms with van der Waals surface area (Å²) in [7, 11) is 2.71. The summed E-state index contributed by atoms with van der Waals surface area (Å²) in [5.74, 6) is 0. The van der Waals surface area contributed by atoms with Crippen molar-refractivity contribution in [1.82, 2.24) is 0 Å². The summed E-state index contributed by atoms with van der Waals surface area (Å²) >= 11 is 1.88. The molecule has 0 spiro atoms. The molecular weight excluding hydrogens is 173 g/mol. The van der Waals surface area contributed by atoms with Crippen molar-refractivity contribution in [3.8, 4) is 0 Å². The first-order valence-electron chi connectivity index (χ1n) is 3.58. The van der Waals surface area contributed by atoms with Crippen LogP contribution in [-0.2, 0) is 0 Å². The Labute approximate surface area is 73.2 Å². The molecule has 0 saturated carbocycles. The van der Waals surface area contributed by atoms with Gasteiger partial charge in [-0.25, -0.2) is 0 Å². The Morgan fingerprint density at radius 2 is 2.36 bits per heavy atom. The van der Waals surface area contributed by atoms with Crippen molar-refractivity contribution in [3.05, 3.63) is 18.2 Å². The maximum atomic E-state index is 3.38. The topological polar surface area (TPSA) is 12.0 Å². The van der Waals surface area contributed by atoms with Gasteiger partial charge in [0.2, 0.25) is 0 Å². The van der Waals surface area contributed by atoms with Crippen molar-refractivity contribution in [3.63, 3.8) is 0 Å². The number of anilines is 1. The van der Waals surface area contributed by atoms with Gasteiger partial charge in [-0.15, -0.1) is 9.24 Å². The van der Waals surface area contributed by atoms with Gasteiger partial charge in [-0.1, -0.05) is 17.8 Å². The van der Waals surface area contributed by atoms with Gasteiger partial charge in [-0.2, -0.15) is 0 Å². The van der Waals surface area contributed by atoms with Crippen LogP contribution >= 0.6 is 21.0 Å². The third-order valence-corrected chi connectivity index (χ3v) is 3.09. The van der Waals surface area contributed by atoms with E-state index in [1.54, 1.807) is 0 Å². The molecule has 0 saturated heterocycles. The Morgan fingerprint density at radius 1 is 1.55 bits per heavy atom. The van der Waals surface area contributed by atoms with Crippen LogP contribution in [0.3, 0.4) is 0 Å². The summed E-state index contributed by atoms with van der Waals surface area (Å²) in [5, 5.41) is 5.16. The number of nitrogens with one attached hydrogen (secondary N) is 1. The summed E-state index contributed by atoms with van der Waals surface area (Å²) in [6, 6.07) is 6.43. The van der Waals surface area contributed by atoms with Crippen LogP contribution < -0.4 is 10.6 Å². The van der Waals surface area contributed by atoms with Gasteiger partial charge in [0.15, 0.2) is 0 Å². The number of rotatable bonds is 0. The summed E-state index contributed by atoms with van der Waals surface area (Å²) in [4.78, 5) is 1.37. The van der Waals surface area contributed by atoms with E-state index in [0.717, 1.165) is 0 Å². The van der Waals surface area contributed by atoms with Gasteiger partial charge in [0, 0.05) is 10.6 Å². The summed E-state index contributed by atoms with van der Waals surface area (Å²) in [5.41, 5.74) is 1.27. The molecule has 0 radical (unpaired) electrons. The van der Waals surface area contributed by atoms with Crippen LogP contribution in [0.5, 0.6) is 0 Å². The van der Waals surface area contributed by atoms with Gasteiger partial charge in [0.25, 0.3) is 0 Å². The van der Waals surface area contributed by atoms with Crippen molar-refractivity contribution in [2.24, 2.45) is 0 Å². The molecule has 3 heteroatoms. The Balaban J connectivity index is 2.43. The molecular formula is C8H10NPS. The number of benzene rings is 1. The van der Waals surface area contributed by atoms with Crippen molar-refractivity contribution < 1.29 is 0 Å². The second-order valence-electron chi connectivity index (χ2n) is 2.66. The zero-order valence-corrected chi connectivity index (χ0v) is 8.27. The largest absolute Gasteiger partial charge is 0.372 e. The fraction of sp³-hybridized carbons (Fsp3) is 0.250. The van der Waals surface area contributed by atoms with Crippen molar-refractivity contribution in [2.75, 3.05) is 5.32 Å². The lowest BCUT2D eigenvalue weighted by Gasteiger charge is -1.99. The normalized spacial score (nSPS) is 21.1. The highest BCUT2D eigenvalue weighted by Crippen LogP contribution is 2.37. The first-order valence-corrected chi connectivity index (χ1v) is 5.04. The van der Waals surface area contributed by atoms with E-state index in [1.807, 2.05) is 11.8 Å². The van der Waals surface area contributed by atoms with E-state index >= 15 is 0 Å². The molecule has 1 aliphatic rings. The van der Waals surface area contributed by atoms with Crippen molar-refractivity contribution in [1.29, 1.82) is 0 Å². The summed E-state index contributed by atoms with van der Waals surface area (Å²) in [6.45, 7) is 2.17. The number of fused-ring (bicyclic) bond motifs is 1. The van der Waals surface area contributed by atoms with E-state index in [2.05, 4.69) is 39.7 Å². The lowest BCUT2D eigenvalue weighted by molar-refractivity contribution is 1.15. The Kier molecular flexibility index (Phi) is 1.82. The van der Waals surface area contributed by atoms with Crippen molar-refractivity contribution >= 4 is 32.0 Å². The van der Waals surface area contributed by atoms with Crippen LogP contribution in [0.1, 0.15) is 6.92 Å². The molecule has 1 aromatic carbocycles. The standard InChI is InChI=1S/C8H10NPS/c1-5-9-7-3-2-6(10)4-8(7)11-5/h2-5,9H,10H2,1H3. The average molecular weight is 183 g/mol. The molecule has 0 aliphatic carbocycles. The molecule has 11 heavy (non-hydrogen) atoms. The molecule has 0 aromatic heterocycles. The highest BCUT2D eigenvalue weighted by atomic mass is 32.2. The lowest BCUT2D eigenvalue weighted by Crippen LogP contribution is -2.02. The molecule has 2 atom stereocenters. The molecule has 1 heterocycles. The minimum Gasteiger partial charge on any atom is -0.372 e. The van der Waals surface area contributed by atoms with Crippen LogP contribution in [0.4, 0.5) is 5.69 Å². The molecule has 1 aromatic rings. The zero-order valence-electron chi connectivity index (χ0n) is 6.29. The minimum absolute atomic E-state index is 0.525. The Morgan fingerprint density at radius 3 is 3.18 bits per heavy atom. The molecule has 0 amide bonds. The third kappa shape index (κ3) is 1.38. The van der Waals surface area contributed by atoms with E-state index < -0.39 is 0 Å². The predicted molar refractivity (Wildman–Crippen MR) is 54.7 cm³/mol. The number of hydrogen-bond donors (Lipinski definition) is 1. The molecule has 1 nitrogen and oxygen atoms in total. The minimum atomic E-state index is 0.525. The molecule has 2 rings (SSSR count). The molecule has 2 unspecified atom stereocenters. The monoisotopic (exact) mass is 183 g/mol. The fourth-order valence-corrected chi connectivity index (χ4v) is 2.60. The zero-order chi connectivity index (χ0) is 7.84.